The Labute approximate surface area is 256 Å². The highest BCUT2D eigenvalue weighted by molar-refractivity contribution is 6.38. The Bertz CT molecular complexity index is 1250. The van der Waals surface area contributed by atoms with E-state index >= 15 is 0 Å². The van der Waals surface area contributed by atoms with Crippen LogP contribution >= 0.6 is 23.2 Å². The van der Waals surface area contributed by atoms with Gasteiger partial charge < -0.3 is 30.9 Å². The Balaban J connectivity index is 0.000000401. The number of anilines is 2. The summed E-state index contributed by atoms with van der Waals surface area (Å²) in [7, 11) is 0. The molecule has 3 rings (SSSR count). The highest BCUT2D eigenvalue weighted by Crippen LogP contribution is 2.38. The number of rotatable bonds is 12. The van der Waals surface area contributed by atoms with E-state index in [0.29, 0.717) is 16.6 Å². The number of hydrogen-bond acceptors (Lipinski definition) is 6. The van der Waals surface area contributed by atoms with Gasteiger partial charge in [-0.3, -0.25) is 9.59 Å². The van der Waals surface area contributed by atoms with E-state index in [-0.39, 0.29) is 29.5 Å². The Hall–Kier alpha value is -3.50. The number of carboxylic acids is 3. The summed E-state index contributed by atoms with van der Waals surface area (Å²) in [5.41, 5.74) is 3.00. The molecule has 1 fully saturated rings. The SMILES string of the molecule is CC(=O)N[C@@H](CCC(=O)O)C(=O)O.CC(C)C[C@H](Nc1cc(Cl)cc(C(=O)O)c1Cl)c1ccccc1N1CCCCC1. The van der Waals surface area contributed by atoms with Crippen LogP contribution in [-0.4, -0.2) is 58.3 Å². The first kappa shape index (κ1) is 34.7. The number of nitrogens with zero attached hydrogens (tertiary/aromatic N) is 1. The molecule has 230 valence electrons. The zero-order valence-corrected chi connectivity index (χ0v) is 25.5. The van der Waals surface area contributed by atoms with E-state index in [0.717, 1.165) is 19.5 Å². The average molecular weight is 625 g/mol. The lowest BCUT2D eigenvalue weighted by molar-refractivity contribution is -0.142. The van der Waals surface area contributed by atoms with Crippen molar-refractivity contribution >= 4 is 58.4 Å². The molecule has 1 aliphatic rings. The Morgan fingerprint density at radius 3 is 2.17 bits per heavy atom. The van der Waals surface area contributed by atoms with Crippen molar-refractivity contribution in [1.29, 1.82) is 0 Å². The van der Waals surface area contributed by atoms with Crippen LogP contribution in [0.15, 0.2) is 36.4 Å². The molecule has 0 radical (unpaired) electrons. The zero-order chi connectivity index (χ0) is 31.4. The highest BCUT2D eigenvalue weighted by atomic mass is 35.5. The topological polar surface area (TPSA) is 156 Å². The summed E-state index contributed by atoms with van der Waals surface area (Å²) in [6.07, 6.45) is 4.19. The molecule has 1 aliphatic heterocycles. The maximum Gasteiger partial charge on any atom is 0.337 e. The highest BCUT2D eigenvalue weighted by Gasteiger charge is 2.23. The van der Waals surface area contributed by atoms with Gasteiger partial charge in [-0.2, -0.15) is 0 Å². The monoisotopic (exact) mass is 623 g/mol. The molecule has 42 heavy (non-hydrogen) atoms. The third-order valence-electron chi connectivity index (χ3n) is 6.64. The van der Waals surface area contributed by atoms with Crippen LogP contribution < -0.4 is 15.5 Å². The average Bonchev–Trinajstić information content (AvgIpc) is 2.92. The molecule has 5 N–H and O–H groups in total. The second kappa shape index (κ2) is 16.8. The number of halogens is 2. The van der Waals surface area contributed by atoms with Crippen molar-refractivity contribution in [1.82, 2.24) is 5.32 Å². The van der Waals surface area contributed by atoms with Gasteiger partial charge in [0.15, 0.2) is 0 Å². The largest absolute Gasteiger partial charge is 0.481 e. The summed E-state index contributed by atoms with van der Waals surface area (Å²) in [4.78, 5) is 45.0. The molecule has 10 nitrogen and oxygen atoms in total. The van der Waals surface area contributed by atoms with E-state index in [9.17, 15) is 24.3 Å². The molecule has 0 bridgehead atoms. The number of carbonyl (C=O) groups excluding carboxylic acids is 1. The fourth-order valence-corrected chi connectivity index (χ4v) is 5.21. The van der Waals surface area contributed by atoms with Gasteiger partial charge in [0.2, 0.25) is 5.91 Å². The van der Waals surface area contributed by atoms with Crippen molar-refractivity contribution in [2.24, 2.45) is 5.92 Å². The molecule has 0 aromatic heterocycles. The van der Waals surface area contributed by atoms with Gasteiger partial charge in [0.1, 0.15) is 6.04 Å². The third-order valence-corrected chi connectivity index (χ3v) is 7.26. The Morgan fingerprint density at radius 1 is 0.976 bits per heavy atom. The molecule has 2 aromatic carbocycles. The van der Waals surface area contributed by atoms with E-state index < -0.39 is 29.9 Å². The summed E-state index contributed by atoms with van der Waals surface area (Å²) in [5, 5.41) is 32.4. The lowest BCUT2D eigenvalue weighted by atomic mass is 9.94. The quantitative estimate of drug-likeness (QED) is 0.182. The van der Waals surface area contributed by atoms with Crippen LogP contribution in [0.2, 0.25) is 10.0 Å². The van der Waals surface area contributed by atoms with Gasteiger partial charge in [0, 0.05) is 37.1 Å². The van der Waals surface area contributed by atoms with Gasteiger partial charge in [-0.15, -0.1) is 0 Å². The van der Waals surface area contributed by atoms with Crippen LogP contribution in [0.4, 0.5) is 11.4 Å². The van der Waals surface area contributed by atoms with Gasteiger partial charge in [0.05, 0.1) is 22.3 Å². The van der Waals surface area contributed by atoms with Crippen LogP contribution in [0, 0.1) is 5.92 Å². The Kier molecular flexibility index (Phi) is 13.9. The first-order valence-electron chi connectivity index (χ1n) is 13.8. The minimum Gasteiger partial charge on any atom is -0.481 e. The lowest BCUT2D eigenvalue weighted by Gasteiger charge is -2.33. The molecule has 0 unspecified atom stereocenters. The van der Waals surface area contributed by atoms with Crippen LogP contribution in [0.3, 0.4) is 0 Å². The number of aromatic carboxylic acids is 1. The maximum atomic E-state index is 11.5. The first-order chi connectivity index (χ1) is 19.8. The number of hydrogen-bond donors (Lipinski definition) is 5. The van der Waals surface area contributed by atoms with Crippen molar-refractivity contribution in [2.45, 2.75) is 71.4 Å². The maximum absolute atomic E-state index is 11.5. The van der Waals surface area contributed by atoms with Crippen LogP contribution in [0.1, 0.15) is 81.3 Å². The number of amides is 1. The predicted octanol–water partition coefficient (Wildman–Crippen LogP) is 6.32. The van der Waals surface area contributed by atoms with Crippen LogP contribution in [0.25, 0.3) is 0 Å². The molecule has 2 aromatic rings. The molecule has 2 atom stereocenters. The molecule has 0 spiro atoms. The van der Waals surface area contributed by atoms with E-state index in [1.165, 1.54) is 43.5 Å². The van der Waals surface area contributed by atoms with Crippen molar-refractivity contribution in [3.8, 4) is 0 Å². The zero-order valence-electron chi connectivity index (χ0n) is 24.0. The van der Waals surface area contributed by atoms with Gasteiger partial charge >= 0.3 is 17.9 Å². The van der Waals surface area contributed by atoms with E-state index in [4.69, 9.17) is 33.4 Å². The second-order valence-electron chi connectivity index (χ2n) is 10.6. The first-order valence-corrected chi connectivity index (χ1v) is 14.6. The number of benzene rings is 2. The third kappa shape index (κ3) is 11.1. The second-order valence-corrected chi connectivity index (χ2v) is 11.4. The fourth-order valence-electron chi connectivity index (χ4n) is 4.75. The number of piperidine rings is 1. The number of carboxylic acid groups (broad SMARTS) is 3. The van der Waals surface area contributed by atoms with Gasteiger partial charge in [0.25, 0.3) is 0 Å². The molecule has 1 heterocycles. The van der Waals surface area contributed by atoms with Gasteiger partial charge in [-0.25, -0.2) is 9.59 Å². The van der Waals surface area contributed by atoms with Crippen molar-refractivity contribution in [3.63, 3.8) is 0 Å². The van der Waals surface area contributed by atoms with Gasteiger partial charge in [-0.1, -0.05) is 55.2 Å². The predicted molar refractivity (Wildman–Crippen MR) is 164 cm³/mol. The minimum atomic E-state index is -1.23. The normalized spacial score (nSPS) is 14.3. The molecule has 0 aliphatic carbocycles. The summed E-state index contributed by atoms with van der Waals surface area (Å²) in [6.45, 7) is 7.66. The molecule has 1 saturated heterocycles. The minimum absolute atomic E-state index is 0.00858. The number of para-hydroxylation sites is 1. The van der Waals surface area contributed by atoms with Crippen molar-refractivity contribution < 1.29 is 34.5 Å². The number of aliphatic carboxylic acids is 2. The van der Waals surface area contributed by atoms with E-state index in [2.05, 4.69) is 53.6 Å². The van der Waals surface area contributed by atoms with Crippen molar-refractivity contribution in [3.05, 3.63) is 57.6 Å². The molecule has 0 saturated carbocycles. The molecular weight excluding hydrogens is 585 g/mol. The van der Waals surface area contributed by atoms with E-state index in [1.807, 2.05) is 0 Å². The summed E-state index contributed by atoms with van der Waals surface area (Å²) < 4.78 is 0. The Morgan fingerprint density at radius 2 is 1.62 bits per heavy atom. The standard InChI is InChI=1S/C23H28Cl2N2O2.C7H11NO5/c1-15(2)12-19(26-20-14-16(24)13-18(22(20)25)23(28)29)17-8-4-5-9-21(17)27-10-6-3-7-11-27;1-4(9)8-5(7(12)13)2-3-6(10)11/h4-5,8-9,13-15,19,26H,3,6-7,10-12H2,1-2H3,(H,28,29);5H,2-3H2,1H3,(H,8,9)(H,10,11)(H,12,13)/t19-;5-/m00/s1. The van der Waals surface area contributed by atoms with Crippen LogP contribution in [-0.2, 0) is 14.4 Å². The fraction of sp³-hybridized carbons (Fsp3) is 0.467. The molecule has 12 heteroatoms. The van der Waals surface area contributed by atoms with Gasteiger partial charge in [-0.05, 0) is 61.8 Å². The van der Waals surface area contributed by atoms with E-state index in [1.54, 1.807) is 6.07 Å². The van der Waals surface area contributed by atoms with Crippen molar-refractivity contribution in [2.75, 3.05) is 23.3 Å². The summed E-state index contributed by atoms with van der Waals surface area (Å²) in [5.74, 6) is -3.45. The molecular formula is C30H39Cl2N3O7. The number of carbonyl (C=O) groups is 4. The molecule has 1 amide bonds. The lowest BCUT2D eigenvalue weighted by Crippen LogP contribution is -2.39. The number of nitrogens with one attached hydrogen (secondary N) is 2. The van der Waals surface area contributed by atoms with Crippen LogP contribution in [0.5, 0.6) is 0 Å². The summed E-state index contributed by atoms with van der Waals surface area (Å²) in [6, 6.07) is 10.4. The summed E-state index contributed by atoms with van der Waals surface area (Å²) >= 11 is 12.6. The smallest absolute Gasteiger partial charge is 0.337 e.